The van der Waals surface area contributed by atoms with E-state index in [4.69, 9.17) is 4.74 Å². The number of benzene rings is 2. The summed E-state index contributed by atoms with van der Waals surface area (Å²) >= 11 is 1.09. The lowest BCUT2D eigenvalue weighted by Crippen LogP contribution is -1.94. The second kappa shape index (κ2) is 5.38. The molecule has 0 saturated heterocycles. The van der Waals surface area contributed by atoms with E-state index in [2.05, 4.69) is 9.97 Å². The van der Waals surface area contributed by atoms with Crippen molar-refractivity contribution in [2.75, 3.05) is 7.11 Å². The molecule has 0 spiro atoms. The molecule has 0 aliphatic rings. The maximum Gasteiger partial charge on any atom is 0.227 e. The van der Waals surface area contributed by atoms with Crippen molar-refractivity contribution in [2.45, 2.75) is 5.16 Å². The molecule has 0 amide bonds. The largest absolute Gasteiger partial charge is 0.497 e. The third-order valence-electron chi connectivity index (χ3n) is 2.88. The smallest absolute Gasteiger partial charge is 0.227 e. The molecule has 1 aromatic heterocycles. The maximum atomic E-state index is 12.2. The number of methoxy groups -OCH3 is 1. The van der Waals surface area contributed by atoms with Crippen LogP contribution in [0.3, 0.4) is 0 Å². The topological polar surface area (TPSA) is 55.0 Å². The summed E-state index contributed by atoms with van der Waals surface area (Å²) < 4.78 is 5.07. The van der Waals surface area contributed by atoms with E-state index in [9.17, 15) is 4.79 Å². The van der Waals surface area contributed by atoms with E-state index in [1.807, 2.05) is 24.3 Å². The molecular formula is C15H12N2O2S. The number of aromatic amines is 1. The first-order valence-electron chi connectivity index (χ1n) is 6.07. The van der Waals surface area contributed by atoms with E-state index < -0.39 is 0 Å². The number of nitrogens with one attached hydrogen (secondary N) is 1. The van der Waals surface area contributed by atoms with Gasteiger partial charge in [0.25, 0.3) is 0 Å². The Balaban J connectivity index is 1.80. The summed E-state index contributed by atoms with van der Waals surface area (Å²) in [5, 5.41) is 0.554. The lowest BCUT2D eigenvalue weighted by atomic mass is 10.2. The van der Waals surface area contributed by atoms with Gasteiger partial charge in [0.05, 0.1) is 18.1 Å². The van der Waals surface area contributed by atoms with E-state index in [-0.39, 0.29) is 5.12 Å². The van der Waals surface area contributed by atoms with Crippen LogP contribution >= 0.6 is 11.8 Å². The summed E-state index contributed by atoms with van der Waals surface area (Å²) in [7, 11) is 1.60. The fraction of sp³-hybridized carbons (Fsp3) is 0.0667. The number of fused-ring (bicyclic) bond motifs is 1. The maximum absolute atomic E-state index is 12.2. The summed E-state index contributed by atoms with van der Waals surface area (Å²) in [5.41, 5.74) is 2.41. The monoisotopic (exact) mass is 284 g/mol. The molecule has 2 aromatic carbocycles. The van der Waals surface area contributed by atoms with Crippen molar-refractivity contribution in [2.24, 2.45) is 0 Å². The zero-order valence-corrected chi connectivity index (χ0v) is 11.6. The molecule has 0 radical (unpaired) electrons. The second-order valence-corrected chi connectivity index (χ2v) is 5.14. The minimum atomic E-state index is -0.0493. The Morgan fingerprint density at radius 3 is 2.60 bits per heavy atom. The van der Waals surface area contributed by atoms with Crippen molar-refractivity contribution in [1.82, 2.24) is 9.97 Å². The quantitative estimate of drug-likeness (QED) is 0.748. The minimum Gasteiger partial charge on any atom is -0.497 e. The van der Waals surface area contributed by atoms with Crippen LogP contribution in [0.25, 0.3) is 11.0 Å². The van der Waals surface area contributed by atoms with E-state index in [1.165, 1.54) is 0 Å². The predicted octanol–water partition coefficient (Wildman–Crippen LogP) is 3.50. The number of ether oxygens (including phenoxy) is 1. The number of para-hydroxylation sites is 2. The molecule has 100 valence electrons. The normalized spacial score (nSPS) is 10.7. The fourth-order valence-corrected chi connectivity index (χ4v) is 2.59. The van der Waals surface area contributed by atoms with Gasteiger partial charge in [-0.2, -0.15) is 0 Å². The molecule has 0 atom stereocenters. The lowest BCUT2D eigenvalue weighted by Gasteiger charge is -2.01. The van der Waals surface area contributed by atoms with Gasteiger partial charge in [0, 0.05) is 5.56 Å². The molecule has 20 heavy (non-hydrogen) atoms. The van der Waals surface area contributed by atoms with Crippen molar-refractivity contribution in [3.05, 3.63) is 54.1 Å². The van der Waals surface area contributed by atoms with E-state index in [0.29, 0.717) is 10.7 Å². The van der Waals surface area contributed by atoms with Gasteiger partial charge in [-0.25, -0.2) is 4.98 Å². The SMILES string of the molecule is COc1ccc(C(=O)Sc2nc3ccccc3[nH]2)cc1. The third kappa shape index (κ3) is 2.53. The molecule has 1 heterocycles. The first kappa shape index (κ1) is 12.7. The fourth-order valence-electron chi connectivity index (χ4n) is 1.85. The summed E-state index contributed by atoms with van der Waals surface area (Å²) in [5.74, 6) is 0.732. The van der Waals surface area contributed by atoms with Crippen LogP contribution in [0.15, 0.2) is 53.7 Å². The molecule has 0 saturated carbocycles. The number of nitrogens with zero attached hydrogens (tertiary/aromatic N) is 1. The molecule has 4 nitrogen and oxygen atoms in total. The molecule has 0 bridgehead atoms. The molecule has 5 heteroatoms. The standard InChI is InChI=1S/C15H12N2O2S/c1-19-11-8-6-10(7-9-11)14(18)20-15-16-12-4-2-3-5-13(12)17-15/h2-9H,1H3,(H,16,17). The minimum absolute atomic E-state index is 0.0493. The van der Waals surface area contributed by atoms with Crippen LogP contribution in [-0.2, 0) is 0 Å². The van der Waals surface area contributed by atoms with Crippen molar-refractivity contribution in [1.29, 1.82) is 0 Å². The first-order chi connectivity index (χ1) is 9.76. The molecule has 0 aliphatic heterocycles. The molecule has 1 N–H and O–H groups in total. The number of hydrogen-bond acceptors (Lipinski definition) is 4. The Labute approximate surface area is 120 Å². The van der Waals surface area contributed by atoms with Crippen molar-refractivity contribution in [3.8, 4) is 5.75 Å². The van der Waals surface area contributed by atoms with Crippen molar-refractivity contribution >= 4 is 27.9 Å². The van der Waals surface area contributed by atoms with Gasteiger partial charge in [-0.3, -0.25) is 4.79 Å². The van der Waals surface area contributed by atoms with Gasteiger partial charge in [-0.15, -0.1) is 0 Å². The zero-order chi connectivity index (χ0) is 13.9. The van der Waals surface area contributed by atoms with Crippen molar-refractivity contribution < 1.29 is 9.53 Å². The molecule has 3 rings (SSSR count). The number of hydrogen-bond donors (Lipinski definition) is 1. The van der Waals surface area contributed by atoms with E-state index in [1.54, 1.807) is 31.4 Å². The predicted molar refractivity (Wildman–Crippen MR) is 79.3 cm³/mol. The van der Waals surface area contributed by atoms with Gasteiger partial charge < -0.3 is 9.72 Å². The number of aromatic nitrogens is 2. The summed E-state index contributed by atoms with van der Waals surface area (Å²) in [6, 6.07) is 14.7. The van der Waals surface area contributed by atoms with Gasteiger partial charge >= 0.3 is 0 Å². The highest BCUT2D eigenvalue weighted by Gasteiger charge is 2.11. The number of imidazole rings is 1. The Morgan fingerprint density at radius 1 is 1.15 bits per heavy atom. The Kier molecular flexibility index (Phi) is 3.43. The molecule has 0 unspecified atom stereocenters. The lowest BCUT2D eigenvalue weighted by molar-refractivity contribution is 0.108. The van der Waals surface area contributed by atoms with Gasteiger partial charge in [-0.1, -0.05) is 12.1 Å². The Morgan fingerprint density at radius 2 is 1.90 bits per heavy atom. The third-order valence-corrected chi connectivity index (χ3v) is 3.69. The van der Waals surface area contributed by atoms with Crippen LogP contribution in [0.1, 0.15) is 10.4 Å². The van der Waals surface area contributed by atoms with Gasteiger partial charge in [-0.05, 0) is 48.2 Å². The van der Waals surface area contributed by atoms with Gasteiger partial charge in [0.2, 0.25) is 5.12 Å². The molecular weight excluding hydrogens is 272 g/mol. The average molecular weight is 284 g/mol. The van der Waals surface area contributed by atoms with Crippen LogP contribution in [0.4, 0.5) is 0 Å². The van der Waals surface area contributed by atoms with E-state index >= 15 is 0 Å². The van der Waals surface area contributed by atoms with Crippen LogP contribution < -0.4 is 4.74 Å². The average Bonchev–Trinajstić information content (AvgIpc) is 2.89. The molecule has 0 aliphatic carbocycles. The Hall–Kier alpha value is -2.27. The van der Waals surface area contributed by atoms with Gasteiger partial charge in [0.1, 0.15) is 5.75 Å². The summed E-state index contributed by atoms with van der Waals surface area (Å²) in [4.78, 5) is 19.7. The highest BCUT2D eigenvalue weighted by atomic mass is 32.2. The first-order valence-corrected chi connectivity index (χ1v) is 6.89. The van der Waals surface area contributed by atoms with Crippen LogP contribution in [-0.4, -0.2) is 22.2 Å². The van der Waals surface area contributed by atoms with Crippen molar-refractivity contribution in [3.63, 3.8) is 0 Å². The highest BCUT2D eigenvalue weighted by Crippen LogP contribution is 2.24. The Bertz CT molecular complexity index is 717. The van der Waals surface area contributed by atoms with E-state index in [0.717, 1.165) is 28.5 Å². The summed E-state index contributed by atoms with van der Waals surface area (Å²) in [6.45, 7) is 0. The highest BCUT2D eigenvalue weighted by molar-refractivity contribution is 8.14. The number of H-pyrrole nitrogens is 1. The van der Waals surface area contributed by atoms with Crippen LogP contribution in [0.2, 0.25) is 0 Å². The number of thioether (sulfide) groups is 1. The number of carbonyl (C=O) groups excluding carboxylic acids is 1. The number of carbonyl (C=O) groups is 1. The van der Waals surface area contributed by atoms with Crippen LogP contribution in [0.5, 0.6) is 5.75 Å². The van der Waals surface area contributed by atoms with Gasteiger partial charge in [0.15, 0.2) is 5.16 Å². The molecule has 0 fully saturated rings. The molecule has 3 aromatic rings. The second-order valence-electron chi connectivity index (χ2n) is 4.18. The summed E-state index contributed by atoms with van der Waals surface area (Å²) in [6.07, 6.45) is 0. The van der Waals surface area contributed by atoms with Crippen LogP contribution in [0, 0.1) is 0 Å². The number of rotatable bonds is 3. The zero-order valence-electron chi connectivity index (χ0n) is 10.8.